The molecule has 0 atom stereocenters. The summed E-state index contributed by atoms with van der Waals surface area (Å²) in [5, 5.41) is 0. The maximum absolute atomic E-state index is 11.5. The summed E-state index contributed by atoms with van der Waals surface area (Å²) >= 11 is 0. The molecule has 0 aliphatic rings. The first kappa shape index (κ1) is 59.1. The molecular weight excluding hydrogens is 726 g/mol. The van der Waals surface area contributed by atoms with E-state index in [4.69, 9.17) is 50.9 Å². The van der Waals surface area contributed by atoms with Gasteiger partial charge >= 0.3 is 22.3 Å². The summed E-state index contributed by atoms with van der Waals surface area (Å²) in [5.74, 6) is -0.418. The van der Waals surface area contributed by atoms with Gasteiger partial charge in [0.05, 0.1) is 13.2 Å². The zero-order valence-electron chi connectivity index (χ0n) is 33.4. The van der Waals surface area contributed by atoms with Crippen molar-refractivity contribution in [2.24, 2.45) is 43.6 Å². The molecule has 20 heteroatoms. The van der Waals surface area contributed by atoms with Crippen LogP contribution in [0, 0.1) is 0 Å². The van der Waals surface area contributed by atoms with Crippen LogP contribution >= 0.6 is 0 Å². The van der Waals surface area contributed by atoms with Crippen LogP contribution in [-0.2, 0) is 39.1 Å². The molecule has 0 amide bonds. The monoisotopic (exact) mass is 795 g/mol. The number of carbonyl (C=O) groups is 3. The first-order valence-electron chi connectivity index (χ1n) is 17.4. The van der Waals surface area contributed by atoms with E-state index in [1.165, 1.54) is 6.08 Å². The van der Waals surface area contributed by atoms with Crippen LogP contribution in [0.4, 0.5) is 0 Å². The summed E-state index contributed by atoms with van der Waals surface area (Å²) < 4.78 is 41.1. The van der Waals surface area contributed by atoms with Gasteiger partial charge in [-0.25, -0.2) is 19.4 Å². The summed E-state index contributed by atoms with van der Waals surface area (Å²) in [4.78, 5) is 56.1. The van der Waals surface area contributed by atoms with E-state index in [0.717, 1.165) is 38.6 Å². The Morgan fingerprint density at radius 1 is 0.741 bits per heavy atom. The van der Waals surface area contributed by atoms with Gasteiger partial charge in [0.1, 0.15) is 12.4 Å². The minimum Gasteiger partial charge on any atom is -0.462 e. The predicted octanol–water partition coefficient (Wildman–Crippen LogP) is 2.20. The molecule has 0 heterocycles. The smallest absolute Gasteiger partial charge is 0.394 e. The molecule has 0 aromatic carbocycles. The molecule has 0 aliphatic heterocycles. The van der Waals surface area contributed by atoms with E-state index < -0.39 is 22.3 Å². The number of nitrogens with zero attached hydrogens (tertiary/aromatic N) is 4. The highest BCUT2D eigenvalue weighted by Gasteiger charge is 2.09. The van der Waals surface area contributed by atoms with Gasteiger partial charge in [-0.05, 0) is 86.7 Å². The normalized spacial score (nSPS) is 9.87. The summed E-state index contributed by atoms with van der Waals surface area (Å²) in [6.07, 6.45) is 7.47. The Kier molecular flexibility index (Phi) is 43.8. The molecule has 0 aromatic heterocycles. The highest BCUT2D eigenvalue weighted by atomic mass is 32.3. The second-order valence-corrected chi connectivity index (χ2v) is 12.7. The van der Waals surface area contributed by atoms with Crippen molar-refractivity contribution in [1.82, 2.24) is 4.90 Å². The fourth-order valence-electron chi connectivity index (χ4n) is 3.65. The van der Waals surface area contributed by atoms with E-state index in [0.29, 0.717) is 62.1 Å². The summed E-state index contributed by atoms with van der Waals surface area (Å²) in [7, 11) is -4.67. The lowest BCUT2D eigenvalue weighted by Crippen LogP contribution is -2.36. The van der Waals surface area contributed by atoms with Crippen LogP contribution < -0.4 is 28.7 Å². The molecule has 54 heavy (non-hydrogen) atoms. The lowest BCUT2D eigenvalue weighted by atomic mass is 10.1. The second kappa shape index (κ2) is 40.0. The van der Waals surface area contributed by atoms with Crippen molar-refractivity contribution >= 4 is 46.1 Å². The van der Waals surface area contributed by atoms with Crippen molar-refractivity contribution in [1.29, 1.82) is 0 Å². The van der Waals surface area contributed by atoms with Gasteiger partial charge < -0.3 is 38.1 Å². The molecule has 19 nitrogen and oxygen atoms in total. The summed E-state index contributed by atoms with van der Waals surface area (Å²) in [5.41, 5.74) is 26.5. The average Bonchev–Trinajstić information content (AvgIpc) is 3.04. The van der Waals surface area contributed by atoms with E-state index in [1.807, 2.05) is 0 Å². The predicted molar refractivity (Wildman–Crippen MR) is 214 cm³/mol. The van der Waals surface area contributed by atoms with Gasteiger partial charge in [-0.1, -0.05) is 26.5 Å². The molecular formula is C34H69N9O10S. The van der Waals surface area contributed by atoms with E-state index in [9.17, 15) is 19.2 Å². The number of nitrogens with two attached hydrogens (primary N) is 5. The van der Waals surface area contributed by atoms with Crippen molar-refractivity contribution in [3.8, 4) is 0 Å². The highest BCUT2D eigenvalue weighted by molar-refractivity contribution is 7.79. The second-order valence-electron chi connectivity index (χ2n) is 11.8. The van der Waals surface area contributed by atoms with Gasteiger partial charge in [-0.2, -0.15) is 8.42 Å². The number of hydrogen-bond acceptors (Lipinski definition) is 13. The molecule has 0 bridgehead atoms. The number of guanidine groups is 2. The fraction of sp³-hybridized carbons (Fsp3) is 0.706. The maximum Gasteiger partial charge on any atom is 0.394 e. The highest BCUT2D eigenvalue weighted by Crippen LogP contribution is 2.05. The van der Waals surface area contributed by atoms with Crippen molar-refractivity contribution in [3.05, 3.63) is 24.3 Å². The number of carbonyl (C=O) groups excluding carboxylic acids is 4. The number of isocyanates is 1. The summed E-state index contributed by atoms with van der Waals surface area (Å²) in [6.45, 7) is 24.8. The molecule has 0 spiro atoms. The van der Waals surface area contributed by atoms with Crippen LogP contribution in [0.25, 0.3) is 0 Å². The standard InChI is InChI=1S/C14H25N3O3.C8H19N.C7H9NO3.C5H14N4.H2O4S/c1-11(2)13(19)20-10-6-8-12(18)7-4-3-5-9-17-14(15)16;1-6-9(7(2)3)8(4)5;1-6(2)7(10)11-4-3-8-5-9;6-3-1-2-4-9-5(7)8;1-5(2,3)4/h1,3-10H2,2H3,(H4,15,16,17);7-8H,6H2,1-5H3;1,3-4H2,2H3;1-4,6H2,(H4,7,8,9);(H2,1,2,3,4). The van der Waals surface area contributed by atoms with Gasteiger partial charge in [0.15, 0.2) is 11.9 Å². The third kappa shape index (κ3) is 59.9. The molecule has 12 N–H and O–H groups in total. The molecule has 0 saturated carbocycles. The van der Waals surface area contributed by atoms with Crippen molar-refractivity contribution < 1.29 is 46.2 Å². The van der Waals surface area contributed by atoms with E-state index in [2.05, 4.69) is 72.4 Å². The van der Waals surface area contributed by atoms with E-state index in [1.54, 1.807) is 13.8 Å². The van der Waals surface area contributed by atoms with Crippen molar-refractivity contribution in [2.75, 3.05) is 45.9 Å². The number of hydrogen-bond donors (Lipinski definition) is 7. The van der Waals surface area contributed by atoms with Crippen LogP contribution in [0.5, 0.6) is 0 Å². The lowest BCUT2D eigenvalue weighted by molar-refractivity contribution is -0.139. The number of ether oxygens (including phenoxy) is 2. The van der Waals surface area contributed by atoms with Crippen LogP contribution in [0.2, 0.25) is 0 Å². The Balaban J connectivity index is -0.000000201. The number of Topliss-reactive ketones (excluding diaryl/α,β-unsaturated/α-hetero) is 1. The molecule has 0 unspecified atom stereocenters. The minimum atomic E-state index is -4.67. The first-order valence-corrected chi connectivity index (χ1v) is 18.8. The number of aliphatic imine (C=N–C) groups is 3. The Bertz CT molecular complexity index is 1230. The number of ketones is 1. The van der Waals surface area contributed by atoms with Gasteiger partial charge in [-0.15, -0.1) is 0 Å². The number of esters is 2. The molecule has 0 rings (SSSR count). The van der Waals surface area contributed by atoms with Gasteiger partial charge in [0.25, 0.3) is 0 Å². The van der Waals surface area contributed by atoms with Gasteiger partial charge in [0.2, 0.25) is 6.08 Å². The number of unbranched alkanes of at least 4 members (excludes halogenated alkanes) is 3. The molecule has 316 valence electrons. The van der Waals surface area contributed by atoms with Crippen LogP contribution in [0.1, 0.15) is 99.8 Å². The van der Waals surface area contributed by atoms with Gasteiger partial charge in [0, 0.05) is 49.2 Å². The van der Waals surface area contributed by atoms with Crippen LogP contribution in [0.15, 0.2) is 39.3 Å². The van der Waals surface area contributed by atoms with Gasteiger partial charge in [-0.3, -0.25) is 28.8 Å². The summed E-state index contributed by atoms with van der Waals surface area (Å²) in [6, 6.07) is 1.38. The first-order chi connectivity index (χ1) is 25.0. The minimum absolute atomic E-state index is 0.0981. The Labute approximate surface area is 322 Å². The Hall–Kier alpha value is -4.20. The molecule has 0 aliphatic carbocycles. The zero-order valence-corrected chi connectivity index (χ0v) is 34.2. The Morgan fingerprint density at radius 3 is 1.48 bits per heavy atom. The molecule has 0 fully saturated rings. The maximum atomic E-state index is 11.5. The average molecular weight is 796 g/mol. The van der Waals surface area contributed by atoms with E-state index >= 15 is 0 Å². The largest absolute Gasteiger partial charge is 0.462 e. The zero-order chi connectivity index (χ0) is 43.1. The Morgan fingerprint density at radius 2 is 1.15 bits per heavy atom. The van der Waals surface area contributed by atoms with Crippen LogP contribution in [0.3, 0.4) is 0 Å². The third-order valence-corrected chi connectivity index (χ3v) is 6.04. The quantitative estimate of drug-likeness (QED) is 0.0157. The number of rotatable bonds is 22. The topological polar surface area (TPSA) is 332 Å². The lowest BCUT2D eigenvalue weighted by Gasteiger charge is -2.28. The molecule has 0 aromatic rings. The molecule has 0 saturated heterocycles. The van der Waals surface area contributed by atoms with E-state index in [-0.39, 0.29) is 37.5 Å². The third-order valence-electron chi connectivity index (χ3n) is 6.04. The van der Waals surface area contributed by atoms with Crippen LogP contribution in [-0.4, -0.2) is 116 Å². The van der Waals surface area contributed by atoms with Crippen molar-refractivity contribution in [2.45, 2.75) is 112 Å². The fourth-order valence-corrected chi connectivity index (χ4v) is 3.65. The SMILES string of the molecule is C=C(C)C(=O)OCCCC(=O)CCCCCN=C(N)N.C=C(C)C(=O)OCCN=C=O.CCN(C(C)C)C(C)C.NCCCCN=C(N)N.O=S(=O)(O)O. The van der Waals surface area contributed by atoms with Crippen molar-refractivity contribution in [3.63, 3.8) is 0 Å². The molecule has 0 radical (unpaired) electrons.